The minimum atomic E-state index is -0.499. The summed E-state index contributed by atoms with van der Waals surface area (Å²) < 4.78 is 5.22. The van der Waals surface area contributed by atoms with E-state index >= 15 is 0 Å². The average Bonchev–Trinajstić information content (AvgIpc) is 2.74. The second-order valence-electron chi connectivity index (χ2n) is 6.80. The summed E-state index contributed by atoms with van der Waals surface area (Å²) in [6.45, 7) is 2.50. The molecule has 0 saturated carbocycles. The normalized spacial score (nSPS) is 14.9. The first kappa shape index (κ1) is 20.4. The number of ether oxygens (including phenoxy) is 1. The Labute approximate surface area is 169 Å². The van der Waals surface area contributed by atoms with Crippen molar-refractivity contribution in [1.29, 1.82) is 0 Å². The van der Waals surface area contributed by atoms with E-state index < -0.39 is 11.9 Å². The van der Waals surface area contributed by atoms with Gasteiger partial charge in [-0.1, -0.05) is 38.0 Å². The molecule has 7 heteroatoms. The van der Waals surface area contributed by atoms with E-state index in [0.717, 1.165) is 19.3 Å². The fraction of sp³-hybridized carbons (Fsp3) is 0.318. The summed E-state index contributed by atoms with van der Waals surface area (Å²) >= 11 is 0. The van der Waals surface area contributed by atoms with Gasteiger partial charge < -0.3 is 10.1 Å². The molecule has 0 saturated heterocycles. The second-order valence-corrected chi connectivity index (χ2v) is 6.80. The Morgan fingerprint density at radius 3 is 2.59 bits per heavy atom. The van der Waals surface area contributed by atoms with Crippen LogP contribution in [-0.2, 0) is 9.53 Å². The quantitative estimate of drug-likeness (QED) is 0.519. The number of fused-ring (bicyclic) bond motifs is 1. The SMILES string of the molecule is CCCCCOC(=O)c1ccc(NC(=O)CC2N=NC(=O)c3ccccc32)cc1. The third-order valence-electron chi connectivity index (χ3n) is 4.60. The highest BCUT2D eigenvalue weighted by atomic mass is 16.5. The van der Waals surface area contributed by atoms with Crippen LogP contribution in [0.4, 0.5) is 5.69 Å². The third-order valence-corrected chi connectivity index (χ3v) is 4.60. The molecule has 2 amide bonds. The molecule has 1 aliphatic heterocycles. The number of nitrogens with one attached hydrogen (secondary N) is 1. The van der Waals surface area contributed by atoms with Crippen molar-refractivity contribution in [3.05, 3.63) is 65.2 Å². The maximum atomic E-state index is 12.4. The Kier molecular flexibility index (Phi) is 6.84. The van der Waals surface area contributed by atoms with Crippen LogP contribution in [0.5, 0.6) is 0 Å². The molecule has 1 unspecified atom stereocenters. The van der Waals surface area contributed by atoms with Crippen molar-refractivity contribution >= 4 is 23.5 Å². The average molecular weight is 393 g/mol. The largest absolute Gasteiger partial charge is 0.462 e. The van der Waals surface area contributed by atoms with E-state index in [2.05, 4.69) is 22.5 Å². The number of amides is 2. The maximum Gasteiger partial charge on any atom is 0.338 e. The van der Waals surface area contributed by atoms with Crippen LogP contribution in [-0.4, -0.2) is 24.4 Å². The Hall–Kier alpha value is -3.35. The second kappa shape index (κ2) is 9.73. The van der Waals surface area contributed by atoms with E-state index in [0.29, 0.717) is 29.0 Å². The minimum Gasteiger partial charge on any atom is -0.462 e. The van der Waals surface area contributed by atoms with Crippen molar-refractivity contribution < 1.29 is 19.1 Å². The number of rotatable bonds is 8. The molecule has 150 valence electrons. The number of benzene rings is 2. The molecule has 0 spiro atoms. The Balaban J connectivity index is 1.55. The number of esters is 1. The molecule has 0 bridgehead atoms. The van der Waals surface area contributed by atoms with Crippen molar-refractivity contribution in [3.8, 4) is 0 Å². The van der Waals surface area contributed by atoms with Crippen LogP contribution in [0.2, 0.25) is 0 Å². The zero-order valence-electron chi connectivity index (χ0n) is 16.3. The Morgan fingerprint density at radius 2 is 1.83 bits per heavy atom. The highest BCUT2D eigenvalue weighted by Crippen LogP contribution is 2.30. The third kappa shape index (κ3) is 5.34. The predicted molar refractivity (Wildman–Crippen MR) is 108 cm³/mol. The van der Waals surface area contributed by atoms with Crippen molar-refractivity contribution in [2.75, 3.05) is 11.9 Å². The van der Waals surface area contributed by atoms with Gasteiger partial charge in [-0.2, -0.15) is 5.11 Å². The summed E-state index contributed by atoms with van der Waals surface area (Å²) in [4.78, 5) is 36.2. The van der Waals surface area contributed by atoms with Crippen molar-refractivity contribution in [1.82, 2.24) is 0 Å². The monoisotopic (exact) mass is 393 g/mol. The summed E-state index contributed by atoms with van der Waals surface area (Å²) in [6.07, 6.45) is 3.01. The van der Waals surface area contributed by atoms with Gasteiger partial charge in [-0.25, -0.2) is 4.79 Å². The number of hydrogen-bond donors (Lipinski definition) is 1. The molecule has 1 heterocycles. The van der Waals surface area contributed by atoms with Gasteiger partial charge in [-0.05, 0) is 42.3 Å². The van der Waals surface area contributed by atoms with Crippen LogP contribution >= 0.6 is 0 Å². The highest BCUT2D eigenvalue weighted by Gasteiger charge is 2.25. The molecule has 0 aromatic heterocycles. The van der Waals surface area contributed by atoms with Gasteiger partial charge in [0.15, 0.2) is 0 Å². The van der Waals surface area contributed by atoms with Gasteiger partial charge in [0.2, 0.25) is 5.91 Å². The highest BCUT2D eigenvalue weighted by molar-refractivity contribution is 5.98. The van der Waals surface area contributed by atoms with Gasteiger partial charge in [0.1, 0.15) is 6.04 Å². The number of nitrogens with zero attached hydrogens (tertiary/aromatic N) is 2. The van der Waals surface area contributed by atoms with E-state index in [9.17, 15) is 14.4 Å². The molecule has 1 atom stereocenters. The van der Waals surface area contributed by atoms with E-state index in [1.807, 2.05) is 0 Å². The van der Waals surface area contributed by atoms with Crippen molar-refractivity contribution in [3.63, 3.8) is 0 Å². The van der Waals surface area contributed by atoms with Gasteiger partial charge in [-0.15, -0.1) is 5.11 Å². The first-order valence-electron chi connectivity index (χ1n) is 9.69. The summed E-state index contributed by atoms with van der Waals surface area (Å²) in [5.74, 6) is -1.02. The van der Waals surface area contributed by atoms with Crippen molar-refractivity contribution in [2.24, 2.45) is 10.2 Å². The topological polar surface area (TPSA) is 97.2 Å². The molecular weight excluding hydrogens is 370 g/mol. The summed E-state index contributed by atoms with van der Waals surface area (Å²) in [5, 5.41) is 10.4. The predicted octanol–water partition coefficient (Wildman–Crippen LogP) is 4.71. The molecule has 0 radical (unpaired) electrons. The number of anilines is 1. The maximum absolute atomic E-state index is 12.4. The molecule has 0 aliphatic carbocycles. The van der Waals surface area contributed by atoms with Crippen LogP contribution in [0.25, 0.3) is 0 Å². The molecule has 1 N–H and O–H groups in total. The molecule has 2 aromatic rings. The van der Waals surface area contributed by atoms with Gasteiger partial charge in [0.25, 0.3) is 5.91 Å². The lowest BCUT2D eigenvalue weighted by molar-refractivity contribution is -0.116. The summed E-state index contributed by atoms with van der Waals surface area (Å²) in [7, 11) is 0. The molecule has 7 nitrogen and oxygen atoms in total. The first-order valence-corrected chi connectivity index (χ1v) is 9.69. The van der Waals surface area contributed by atoms with Crippen LogP contribution in [0.15, 0.2) is 58.8 Å². The number of azo groups is 1. The lowest BCUT2D eigenvalue weighted by Crippen LogP contribution is -2.18. The number of hydrogen-bond acceptors (Lipinski definition) is 5. The minimum absolute atomic E-state index is 0.0645. The smallest absolute Gasteiger partial charge is 0.338 e. The van der Waals surface area contributed by atoms with Crippen molar-refractivity contribution in [2.45, 2.75) is 38.6 Å². The van der Waals surface area contributed by atoms with Crippen LogP contribution in [0, 0.1) is 0 Å². The number of carbonyl (C=O) groups is 3. The van der Waals surface area contributed by atoms with Crippen LogP contribution in [0.3, 0.4) is 0 Å². The first-order chi connectivity index (χ1) is 14.1. The fourth-order valence-corrected chi connectivity index (χ4v) is 3.05. The summed E-state index contributed by atoms with van der Waals surface area (Å²) in [6, 6.07) is 13.1. The zero-order chi connectivity index (χ0) is 20.6. The molecule has 29 heavy (non-hydrogen) atoms. The van der Waals surface area contributed by atoms with Gasteiger partial charge >= 0.3 is 5.97 Å². The fourth-order valence-electron chi connectivity index (χ4n) is 3.05. The Bertz CT molecular complexity index is 922. The van der Waals surface area contributed by atoms with E-state index in [1.165, 1.54) is 0 Å². The zero-order valence-corrected chi connectivity index (χ0v) is 16.3. The van der Waals surface area contributed by atoms with Gasteiger partial charge in [0, 0.05) is 11.3 Å². The lowest BCUT2D eigenvalue weighted by atomic mass is 9.97. The molecule has 2 aromatic carbocycles. The Morgan fingerprint density at radius 1 is 1.07 bits per heavy atom. The van der Waals surface area contributed by atoms with Gasteiger partial charge in [0.05, 0.1) is 18.6 Å². The molecular formula is C22H23N3O4. The van der Waals surface area contributed by atoms with Crippen LogP contribution in [0.1, 0.15) is 64.9 Å². The molecule has 3 rings (SSSR count). The lowest BCUT2D eigenvalue weighted by Gasteiger charge is -2.17. The molecule has 0 fully saturated rings. The van der Waals surface area contributed by atoms with E-state index in [1.54, 1.807) is 48.5 Å². The van der Waals surface area contributed by atoms with E-state index in [4.69, 9.17) is 4.74 Å². The van der Waals surface area contributed by atoms with Crippen LogP contribution < -0.4 is 5.32 Å². The number of unbranched alkanes of at least 4 members (excludes halogenated alkanes) is 2. The number of carbonyl (C=O) groups excluding carboxylic acids is 3. The molecule has 1 aliphatic rings. The van der Waals surface area contributed by atoms with Gasteiger partial charge in [-0.3, -0.25) is 9.59 Å². The summed E-state index contributed by atoms with van der Waals surface area (Å²) in [5.41, 5.74) is 2.17. The standard InChI is InChI=1S/C22H23N3O4/c1-2-3-6-13-29-22(28)15-9-11-16(12-10-15)23-20(26)14-19-17-7-4-5-8-18(17)21(27)25-24-19/h4-5,7-12,19H,2-3,6,13-14H2,1H3,(H,23,26). The van der Waals surface area contributed by atoms with E-state index in [-0.39, 0.29) is 18.3 Å².